The number of ether oxygens (including phenoxy) is 1. The first-order chi connectivity index (χ1) is 9.47. The first kappa shape index (κ1) is 13.1. The summed E-state index contributed by atoms with van der Waals surface area (Å²) in [7, 11) is 0. The molecule has 1 aromatic carbocycles. The van der Waals surface area contributed by atoms with Crippen molar-refractivity contribution in [3.63, 3.8) is 0 Å². The van der Waals surface area contributed by atoms with Gasteiger partial charge in [0.05, 0.1) is 30.2 Å². The fourth-order valence-corrected chi connectivity index (χ4v) is 2.28. The van der Waals surface area contributed by atoms with E-state index in [1.54, 1.807) is 0 Å². The summed E-state index contributed by atoms with van der Waals surface area (Å²) in [4.78, 5) is 12.1. The molecule has 0 bridgehead atoms. The lowest BCUT2D eigenvalue weighted by Gasteiger charge is -2.17. The van der Waals surface area contributed by atoms with E-state index in [4.69, 9.17) is 4.74 Å². The van der Waals surface area contributed by atoms with Crippen molar-refractivity contribution in [2.45, 2.75) is 12.6 Å². The zero-order valence-corrected chi connectivity index (χ0v) is 10.4. The van der Waals surface area contributed by atoms with Gasteiger partial charge in [-0.05, 0) is 24.3 Å². The Labute approximate surface area is 112 Å². The largest absolute Gasteiger partial charge is 0.416 e. The first-order valence-electron chi connectivity index (χ1n) is 6.13. The molecule has 1 aromatic rings. The number of nitrogens with zero attached hydrogens (tertiary/aromatic N) is 2. The summed E-state index contributed by atoms with van der Waals surface area (Å²) in [6, 6.07) is 4.40. The third-order valence-corrected chi connectivity index (χ3v) is 3.36. The van der Waals surface area contributed by atoms with E-state index in [0.717, 1.165) is 22.9 Å². The van der Waals surface area contributed by atoms with E-state index in [9.17, 15) is 18.0 Å². The Morgan fingerprint density at radius 1 is 1.25 bits per heavy atom. The van der Waals surface area contributed by atoms with Crippen molar-refractivity contribution < 1.29 is 22.7 Å². The molecular formula is C13H11F3N2O2. The van der Waals surface area contributed by atoms with Gasteiger partial charge in [-0.3, -0.25) is 4.79 Å². The molecule has 0 N–H and O–H groups in total. The van der Waals surface area contributed by atoms with Crippen molar-refractivity contribution in [3.05, 3.63) is 29.8 Å². The topological polar surface area (TPSA) is 41.9 Å². The molecule has 1 saturated heterocycles. The Morgan fingerprint density at radius 3 is 2.55 bits per heavy atom. The van der Waals surface area contributed by atoms with Crippen LogP contribution in [-0.2, 0) is 15.7 Å². The number of rotatable bonds is 1. The van der Waals surface area contributed by atoms with Gasteiger partial charge in [0.1, 0.15) is 5.92 Å². The van der Waals surface area contributed by atoms with Crippen molar-refractivity contribution in [3.8, 4) is 0 Å². The van der Waals surface area contributed by atoms with Gasteiger partial charge in [-0.1, -0.05) is 0 Å². The van der Waals surface area contributed by atoms with Gasteiger partial charge in [-0.2, -0.15) is 18.3 Å². The molecule has 2 aliphatic rings. The average Bonchev–Trinajstić information content (AvgIpc) is 2.76. The summed E-state index contributed by atoms with van der Waals surface area (Å²) < 4.78 is 42.7. The molecule has 20 heavy (non-hydrogen) atoms. The summed E-state index contributed by atoms with van der Waals surface area (Å²) in [5.41, 5.74) is 0.326. The van der Waals surface area contributed by atoms with Crippen molar-refractivity contribution in [1.29, 1.82) is 0 Å². The van der Waals surface area contributed by atoms with Crippen molar-refractivity contribution in [2.24, 2.45) is 11.0 Å². The number of fused-ring (bicyclic) bond motifs is 1. The van der Waals surface area contributed by atoms with Gasteiger partial charge >= 0.3 is 6.18 Å². The number of carbonyl (C=O) groups is 1. The highest BCUT2D eigenvalue weighted by Crippen LogP contribution is 2.32. The minimum absolute atomic E-state index is 0.251. The number of benzene rings is 1. The molecule has 106 valence electrons. The Morgan fingerprint density at radius 2 is 1.95 bits per heavy atom. The minimum Gasteiger partial charge on any atom is -0.380 e. The van der Waals surface area contributed by atoms with Gasteiger partial charge in [0.2, 0.25) is 0 Å². The van der Waals surface area contributed by atoms with Gasteiger partial charge in [-0.25, -0.2) is 5.01 Å². The maximum Gasteiger partial charge on any atom is 0.416 e. The molecule has 4 nitrogen and oxygen atoms in total. The standard InChI is InChI=1S/C13H11F3N2O2/c14-13(15,16)8-1-3-9(4-2-8)18-12(19)10-7-20-6-5-11(10)17-18/h1-4,10H,5-7H2. The van der Waals surface area contributed by atoms with Crippen LogP contribution < -0.4 is 5.01 Å². The molecule has 1 fully saturated rings. The van der Waals surface area contributed by atoms with E-state index >= 15 is 0 Å². The Balaban J connectivity index is 1.87. The summed E-state index contributed by atoms with van der Waals surface area (Å²) in [6.45, 7) is 0.804. The zero-order chi connectivity index (χ0) is 14.3. The zero-order valence-electron chi connectivity index (χ0n) is 10.4. The normalized spacial score (nSPS) is 22.8. The number of anilines is 1. The fraction of sp³-hybridized carbons (Fsp3) is 0.385. The van der Waals surface area contributed by atoms with E-state index in [1.165, 1.54) is 12.1 Å². The molecule has 0 spiro atoms. The lowest BCUT2D eigenvalue weighted by Crippen LogP contribution is -2.33. The van der Waals surface area contributed by atoms with Crippen LogP contribution >= 0.6 is 0 Å². The molecule has 2 aliphatic heterocycles. The predicted molar refractivity (Wildman–Crippen MR) is 65.3 cm³/mol. The summed E-state index contributed by atoms with van der Waals surface area (Å²) >= 11 is 0. The second kappa shape index (κ2) is 4.59. The summed E-state index contributed by atoms with van der Waals surface area (Å²) in [6.07, 6.45) is -3.81. The van der Waals surface area contributed by atoms with Crippen LogP contribution in [-0.4, -0.2) is 24.8 Å². The minimum atomic E-state index is -4.39. The summed E-state index contributed by atoms with van der Waals surface area (Å²) in [5, 5.41) is 5.35. The molecule has 0 aliphatic carbocycles. The number of hydrazone groups is 1. The number of alkyl halides is 3. The molecule has 1 atom stereocenters. The van der Waals surface area contributed by atoms with Crippen LogP contribution in [0.25, 0.3) is 0 Å². The second-order valence-corrected chi connectivity index (χ2v) is 4.66. The van der Waals surface area contributed by atoms with E-state index in [0.29, 0.717) is 18.7 Å². The van der Waals surface area contributed by atoms with Crippen molar-refractivity contribution in [2.75, 3.05) is 18.2 Å². The maximum absolute atomic E-state index is 12.5. The molecule has 0 saturated carbocycles. The molecule has 3 rings (SSSR count). The number of hydrogen-bond donors (Lipinski definition) is 0. The van der Waals surface area contributed by atoms with Gasteiger partial charge in [0, 0.05) is 6.42 Å². The highest BCUT2D eigenvalue weighted by Gasteiger charge is 2.38. The van der Waals surface area contributed by atoms with Crippen molar-refractivity contribution in [1.82, 2.24) is 0 Å². The second-order valence-electron chi connectivity index (χ2n) is 4.66. The van der Waals surface area contributed by atoms with Gasteiger partial charge in [0.15, 0.2) is 0 Å². The molecule has 0 aromatic heterocycles. The van der Waals surface area contributed by atoms with Crippen molar-refractivity contribution >= 4 is 17.3 Å². The average molecular weight is 284 g/mol. The third-order valence-electron chi connectivity index (χ3n) is 3.36. The molecule has 1 unspecified atom stereocenters. The quantitative estimate of drug-likeness (QED) is 0.795. The molecular weight excluding hydrogens is 273 g/mol. The van der Waals surface area contributed by atoms with Crippen LogP contribution in [0, 0.1) is 5.92 Å². The lowest BCUT2D eigenvalue weighted by molar-refractivity contribution is -0.137. The smallest absolute Gasteiger partial charge is 0.380 e. The van der Waals surface area contributed by atoms with Crippen LogP contribution in [0.4, 0.5) is 18.9 Å². The van der Waals surface area contributed by atoms with Gasteiger partial charge < -0.3 is 4.74 Å². The molecule has 2 heterocycles. The Hall–Kier alpha value is -1.89. The number of halogens is 3. The monoisotopic (exact) mass is 284 g/mol. The van der Waals surface area contributed by atoms with Crippen LogP contribution in [0.15, 0.2) is 29.4 Å². The molecule has 7 heteroatoms. The lowest BCUT2D eigenvalue weighted by atomic mass is 10.00. The Kier molecular flexibility index (Phi) is 3.01. The Bertz CT molecular complexity index is 566. The maximum atomic E-state index is 12.5. The van der Waals surface area contributed by atoms with Crippen LogP contribution in [0.1, 0.15) is 12.0 Å². The number of amides is 1. The molecule has 0 radical (unpaired) electrons. The van der Waals surface area contributed by atoms with E-state index < -0.39 is 17.7 Å². The van der Waals surface area contributed by atoms with Crippen LogP contribution in [0.5, 0.6) is 0 Å². The van der Waals surface area contributed by atoms with Gasteiger partial charge in [-0.15, -0.1) is 0 Å². The van der Waals surface area contributed by atoms with Crippen LogP contribution in [0.2, 0.25) is 0 Å². The molecule has 1 amide bonds. The first-order valence-corrected chi connectivity index (χ1v) is 6.13. The SMILES string of the molecule is O=C1C2COCCC2=NN1c1ccc(C(F)(F)F)cc1. The summed E-state index contributed by atoms with van der Waals surface area (Å²) in [5.74, 6) is -0.648. The van der Waals surface area contributed by atoms with Crippen LogP contribution in [0.3, 0.4) is 0 Å². The fourth-order valence-electron chi connectivity index (χ4n) is 2.28. The van der Waals surface area contributed by atoms with E-state index in [2.05, 4.69) is 5.10 Å². The third kappa shape index (κ3) is 2.18. The van der Waals surface area contributed by atoms with Gasteiger partial charge in [0.25, 0.3) is 5.91 Å². The van der Waals surface area contributed by atoms with E-state index in [1.807, 2.05) is 0 Å². The number of carbonyl (C=O) groups excluding carboxylic acids is 1. The highest BCUT2D eigenvalue weighted by atomic mass is 19.4. The van der Waals surface area contributed by atoms with E-state index in [-0.39, 0.29) is 12.5 Å². The predicted octanol–water partition coefficient (Wildman–Crippen LogP) is 2.44. The number of hydrogen-bond acceptors (Lipinski definition) is 3. The highest BCUT2D eigenvalue weighted by molar-refractivity contribution is 6.15.